The van der Waals surface area contributed by atoms with Crippen molar-refractivity contribution in [1.82, 2.24) is 0 Å². The van der Waals surface area contributed by atoms with E-state index < -0.39 is 10.2 Å². The number of aryl methyl sites for hydroxylation is 2. The summed E-state index contributed by atoms with van der Waals surface area (Å²) in [5.74, 6) is 0. The molecule has 18 heavy (non-hydrogen) atoms. The monoisotopic (exact) mass is 572 g/mol. The van der Waals surface area contributed by atoms with Crippen LogP contribution in [0, 0.1) is 13.8 Å². The van der Waals surface area contributed by atoms with Crippen LogP contribution in [0.25, 0.3) is 0 Å². The van der Waals surface area contributed by atoms with Crippen LogP contribution in [0.2, 0.25) is 0 Å². The molecule has 1 aromatic rings. The number of anilines is 1. The molecule has 0 amide bonds. The Morgan fingerprint density at radius 1 is 1.11 bits per heavy atom. The zero-order valence-corrected chi connectivity index (χ0v) is 18.5. The molecular weight excluding hydrogens is 558 g/mol. The van der Waals surface area contributed by atoms with Crippen molar-refractivity contribution >= 4 is 69.5 Å². The number of hydrogen-bond donors (Lipinski definition) is 0. The fourth-order valence-corrected chi connectivity index (χ4v) is 20.2. The number of fused-ring (bicyclic) bond motifs is 1. The molecule has 101 valence electrons. The van der Waals surface area contributed by atoms with Crippen LogP contribution in [0.4, 0.5) is 5.69 Å². The number of thioether (sulfide) groups is 1. The number of benzene rings is 1. The summed E-state index contributed by atoms with van der Waals surface area (Å²) in [4.78, 5) is 2.27. The number of nitrogens with zero attached hydrogens (tertiary/aromatic N) is 1. The molecule has 0 N–H and O–H groups in total. The average molecular weight is 573 g/mol. The van der Waals surface area contributed by atoms with Gasteiger partial charge in [-0.1, -0.05) is 0 Å². The van der Waals surface area contributed by atoms with Gasteiger partial charge >= 0.3 is 134 Å². The molecular formula is C12H15Br3NSTe. The third kappa shape index (κ3) is 2.71. The van der Waals surface area contributed by atoms with Crippen LogP contribution < -0.4 is 8.51 Å². The second-order valence-electron chi connectivity index (χ2n) is 4.41. The van der Waals surface area contributed by atoms with Crippen LogP contribution in [0.1, 0.15) is 11.1 Å². The Morgan fingerprint density at radius 3 is 2.22 bits per heavy atom. The number of halogens is 3. The Kier molecular flexibility index (Phi) is 4.33. The van der Waals surface area contributed by atoms with E-state index in [1.54, 1.807) is 11.8 Å². The zero-order valence-electron chi connectivity index (χ0n) is 10.6. The standard InChI is InChI=1S/C12H15Br3NSTe/c1-8-5-10-11(6-9(8)2)18(13,14,15)7-12(17-4)16(10)3/h5-7H,1-4H3. The molecule has 0 atom stereocenters. The van der Waals surface area contributed by atoms with Gasteiger partial charge in [-0.25, -0.2) is 0 Å². The van der Waals surface area contributed by atoms with E-state index in [0.717, 1.165) is 0 Å². The first-order valence-electron chi connectivity index (χ1n) is 5.35. The van der Waals surface area contributed by atoms with Crippen molar-refractivity contribution in [3.05, 3.63) is 32.4 Å². The molecule has 0 saturated heterocycles. The summed E-state index contributed by atoms with van der Waals surface area (Å²) in [5, 5.41) is 1.27. The number of rotatable bonds is 1. The van der Waals surface area contributed by atoms with E-state index in [4.69, 9.17) is 0 Å². The maximum absolute atomic E-state index is 3.97. The van der Waals surface area contributed by atoms with E-state index in [1.807, 2.05) is 0 Å². The fraction of sp³-hybridized carbons (Fsp3) is 0.333. The first-order chi connectivity index (χ1) is 8.14. The fourth-order valence-electron chi connectivity index (χ4n) is 1.93. The molecule has 0 spiro atoms. The van der Waals surface area contributed by atoms with Crippen LogP contribution in [-0.4, -0.2) is 23.5 Å². The summed E-state index contributed by atoms with van der Waals surface area (Å²) in [5.41, 5.74) is 3.95. The van der Waals surface area contributed by atoms with Gasteiger partial charge in [0.1, 0.15) is 0 Å². The van der Waals surface area contributed by atoms with Crippen LogP contribution >= 0.6 is 50.0 Å². The molecule has 1 aromatic carbocycles. The molecule has 0 aliphatic carbocycles. The topological polar surface area (TPSA) is 3.24 Å². The predicted molar refractivity (Wildman–Crippen MR) is 98.1 cm³/mol. The average Bonchev–Trinajstić information content (AvgIpc) is 2.26. The number of hydrogen-bond acceptors (Lipinski definition) is 2. The summed E-state index contributed by atoms with van der Waals surface area (Å²) in [7, 11) is -1.09. The van der Waals surface area contributed by atoms with E-state index in [2.05, 4.69) is 86.6 Å². The van der Waals surface area contributed by atoms with Gasteiger partial charge in [-0.15, -0.1) is 0 Å². The second kappa shape index (κ2) is 4.96. The minimum atomic E-state index is -3.22. The Labute approximate surface area is 132 Å². The van der Waals surface area contributed by atoms with Crippen LogP contribution in [0.5, 0.6) is 0 Å². The van der Waals surface area contributed by atoms with E-state index >= 15 is 0 Å². The molecule has 0 fully saturated rings. The van der Waals surface area contributed by atoms with Crippen molar-refractivity contribution in [2.45, 2.75) is 13.8 Å². The van der Waals surface area contributed by atoms with E-state index in [-0.39, 0.29) is 0 Å². The Bertz CT molecular complexity index is 548. The summed E-state index contributed by atoms with van der Waals surface area (Å²) < 4.78 is 3.69. The van der Waals surface area contributed by atoms with Crippen LogP contribution in [0.3, 0.4) is 0 Å². The summed E-state index contributed by atoms with van der Waals surface area (Å²) in [6, 6.07) is 4.58. The van der Waals surface area contributed by atoms with Crippen molar-refractivity contribution in [3.63, 3.8) is 0 Å². The first-order valence-corrected chi connectivity index (χ1v) is 24.8. The molecule has 0 aromatic heterocycles. The molecule has 6 heteroatoms. The summed E-state index contributed by atoms with van der Waals surface area (Å²) in [6.45, 7) is 4.33. The van der Waals surface area contributed by atoms with E-state index in [1.165, 1.54) is 25.5 Å². The normalized spacial score (nSPS) is 22.7. The van der Waals surface area contributed by atoms with Gasteiger partial charge in [0.25, 0.3) is 0 Å². The van der Waals surface area contributed by atoms with Crippen LogP contribution in [0.15, 0.2) is 21.3 Å². The molecule has 2 rings (SSSR count). The van der Waals surface area contributed by atoms with Crippen molar-refractivity contribution in [2.24, 2.45) is 0 Å². The molecule has 0 bridgehead atoms. The van der Waals surface area contributed by atoms with Crippen molar-refractivity contribution in [3.8, 4) is 0 Å². The first kappa shape index (κ1) is 15.7. The van der Waals surface area contributed by atoms with Crippen molar-refractivity contribution in [1.29, 1.82) is 0 Å². The third-order valence-corrected chi connectivity index (χ3v) is 20.0. The van der Waals surface area contributed by atoms with Gasteiger partial charge in [-0.2, -0.15) is 0 Å². The van der Waals surface area contributed by atoms with E-state index in [9.17, 15) is 0 Å². The minimum absolute atomic E-state index is 1.27. The van der Waals surface area contributed by atoms with Gasteiger partial charge in [0.15, 0.2) is 0 Å². The van der Waals surface area contributed by atoms with E-state index in [0.29, 0.717) is 0 Å². The summed E-state index contributed by atoms with van der Waals surface area (Å²) in [6.07, 6.45) is 2.12. The molecule has 1 nitrogen and oxygen atoms in total. The molecule has 0 unspecified atom stereocenters. The van der Waals surface area contributed by atoms with Crippen LogP contribution in [-0.2, 0) is 0 Å². The van der Waals surface area contributed by atoms with Gasteiger partial charge in [-0.05, 0) is 0 Å². The third-order valence-electron chi connectivity index (χ3n) is 3.15. The molecule has 1 aliphatic heterocycles. The van der Waals surface area contributed by atoms with Gasteiger partial charge in [0.05, 0.1) is 0 Å². The quantitative estimate of drug-likeness (QED) is 0.446. The van der Waals surface area contributed by atoms with Gasteiger partial charge in [-0.3, -0.25) is 0 Å². The van der Waals surface area contributed by atoms with Gasteiger partial charge < -0.3 is 0 Å². The Balaban J connectivity index is 2.78. The SMILES string of the molecule is CSC1=C[Te](Br)(Br)(Br)c2cc(C)c(C)cc2N1C. The van der Waals surface area contributed by atoms with Crippen molar-refractivity contribution < 1.29 is 0 Å². The maximum atomic E-state index is 3.97. The molecule has 1 heterocycles. The Morgan fingerprint density at radius 2 is 1.67 bits per heavy atom. The molecule has 1 radical (unpaired) electrons. The van der Waals surface area contributed by atoms with Gasteiger partial charge in [0, 0.05) is 0 Å². The predicted octanol–water partition coefficient (Wildman–Crippen LogP) is 4.78. The molecule has 1 aliphatic rings. The Hall–Kier alpha value is 1.34. The summed E-state index contributed by atoms with van der Waals surface area (Å²) >= 11 is 13.7. The second-order valence-corrected chi connectivity index (χ2v) is 56.2. The molecule has 0 saturated carbocycles. The van der Waals surface area contributed by atoms with Crippen molar-refractivity contribution in [2.75, 3.05) is 18.2 Å². The van der Waals surface area contributed by atoms with Gasteiger partial charge in [0.2, 0.25) is 0 Å². The zero-order chi connectivity index (χ0) is 13.7.